The van der Waals surface area contributed by atoms with E-state index in [2.05, 4.69) is 10.2 Å². The number of piperazine rings is 1. The summed E-state index contributed by atoms with van der Waals surface area (Å²) in [6.45, 7) is 2.99. The number of nitrogens with zero attached hydrogens (tertiary/aromatic N) is 3. The number of rotatable bonds is 6. The molecule has 6 rings (SSSR count). The highest BCUT2D eigenvalue weighted by molar-refractivity contribution is 6.30. The van der Waals surface area contributed by atoms with Crippen molar-refractivity contribution >= 4 is 34.8 Å². The summed E-state index contributed by atoms with van der Waals surface area (Å²) in [4.78, 5) is 32.6. The molecule has 1 unspecified atom stereocenters. The zero-order valence-corrected chi connectivity index (χ0v) is 22.5. The van der Waals surface area contributed by atoms with E-state index >= 15 is 0 Å². The Bertz CT molecular complexity index is 1550. The summed E-state index contributed by atoms with van der Waals surface area (Å²) >= 11 is 6.16. The first-order chi connectivity index (χ1) is 19.5. The monoisotopic (exact) mass is 554 g/mol. The third-order valence-electron chi connectivity index (χ3n) is 7.48. The molecule has 2 heterocycles. The van der Waals surface area contributed by atoms with Gasteiger partial charge in [-0.3, -0.25) is 9.59 Å². The molecule has 0 aromatic heterocycles. The molecule has 0 saturated carbocycles. The summed E-state index contributed by atoms with van der Waals surface area (Å²) in [5.41, 5.74) is 4.71. The number of carbonyl (C=O) groups excluding carboxylic acids is 2. The van der Waals surface area contributed by atoms with Crippen LogP contribution in [0.25, 0.3) is 0 Å². The highest BCUT2D eigenvalue weighted by Gasteiger charge is 2.36. The molecule has 202 valence electrons. The minimum Gasteiger partial charge on any atom is -0.368 e. The molecule has 0 bridgehead atoms. The third-order valence-corrected chi connectivity index (χ3v) is 7.71. The molecule has 4 aromatic rings. The van der Waals surface area contributed by atoms with Gasteiger partial charge in [0.2, 0.25) is 0 Å². The third kappa shape index (κ3) is 5.25. The summed E-state index contributed by atoms with van der Waals surface area (Å²) in [7, 11) is 0. The van der Waals surface area contributed by atoms with Gasteiger partial charge >= 0.3 is 0 Å². The first-order valence-corrected chi connectivity index (χ1v) is 13.6. The zero-order valence-electron chi connectivity index (χ0n) is 21.8. The molecular formula is C32H28ClFN4O2. The van der Waals surface area contributed by atoms with Gasteiger partial charge in [-0.2, -0.15) is 0 Å². The number of hydrogen-bond donors (Lipinski definition) is 1. The number of nitrogens with one attached hydrogen (secondary N) is 1. The van der Waals surface area contributed by atoms with E-state index in [1.165, 1.54) is 12.1 Å². The fraction of sp³-hybridized carbons (Fsp3) is 0.188. The molecule has 2 aliphatic heterocycles. The molecule has 4 aromatic carbocycles. The number of fused-ring (bicyclic) bond motifs is 1. The molecule has 1 fully saturated rings. The van der Waals surface area contributed by atoms with Gasteiger partial charge in [0, 0.05) is 65.8 Å². The Morgan fingerprint density at radius 3 is 2.40 bits per heavy atom. The summed E-state index contributed by atoms with van der Waals surface area (Å²) in [5, 5.41) is 4.18. The molecule has 1 atom stereocenters. The van der Waals surface area contributed by atoms with Crippen LogP contribution < -0.4 is 10.2 Å². The lowest BCUT2D eigenvalue weighted by molar-refractivity contribution is 0.0725. The molecule has 0 aliphatic carbocycles. The minimum atomic E-state index is -0.430. The second-order valence-electron chi connectivity index (χ2n) is 10.0. The predicted octanol–water partition coefficient (Wildman–Crippen LogP) is 6.21. The van der Waals surface area contributed by atoms with Crippen LogP contribution in [-0.4, -0.2) is 47.8 Å². The Kier molecular flexibility index (Phi) is 7.13. The average molecular weight is 555 g/mol. The Hall–Kier alpha value is -4.36. The predicted molar refractivity (Wildman–Crippen MR) is 155 cm³/mol. The second-order valence-corrected chi connectivity index (χ2v) is 10.5. The molecule has 0 spiro atoms. The standard InChI is InChI=1S/C32H28ClFN4O2/c33-24-6-4-8-27(20-24)36-15-17-37(18-16-36)31(39)23-5-3-7-26(19-23)35-30-28-9-1-2-10-29(28)32(40)38(30)21-22-11-13-25(34)14-12-22/h1-14,19-20,30,35H,15-18,21H2. The lowest BCUT2D eigenvalue weighted by atomic mass is 10.1. The van der Waals surface area contributed by atoms with E-state index < -0.39 is 6.17 Å². The first-order valence-electron chi connectivity index (χ1n) is 13.3. The van der Waals surface area contributed by atoms with E-state index in [-0.39, 0.29) is 17.6 Å². The van der Waals surface area contributed by atoms with Crippen molar-refractivity contribution in [3.05, 3.63) is 130 Å². The van der Waals surface area contributed by atoms with Crippen LogP contribution in [0.1, 0.15) is 38.0 Å². The Labute approximate surface area is 237 Å². The highest BCUT2D eigenvalue weighted by atomic mass is 35.5. The van der Waals surface area contributed by atoms with Crippen molar-refractivity contribution in [2.75, 3.05) is 36.4 Å². The lowest BCUT2D eigenvalue weighted by Gasteiger charge is -2.36. The van der Waals surface area contributed by atoms with Gasteiger partial charge < -0.3 is 20.0 Å². The van der Waals surface area contributed by atoms with Crippen LogP contribution in [0.15, 0.2) is 97.1 Å². The second kappa shape index (κ2) is 11.0. The van der Waals surface area contributed by atoms with E-state index in [1.54, 1.807) is 17.0 Å². The molecule has 0 radical (unpaired) electrons. The van der Waals surface area contributed by atoms with Crippen molar-refractivity contribution in [3.8, 4) is 0 Å². The quantitative estimate of drug-likeness (QED) is 0.308. The van der Waals surface area contributed by atoms with Crippen molar-refractivity contribution in [3.63, 3.8) is 0 Å². The van der Waals surface area contributed by atoms with E-state index in [4.69, 9.17) is 11.6 Å². The molecule has 1 saturated heterocycles. The van der Waals surface area contributed by atoms with Crippen molar-refractivity contribution in [2.45, 2.75) is 12.7 Å². The summed E-state index contributed by atoms with van der Waals surface area (Å²) in [6.07, 6.45) is -0.430. The van der Waals surface area contributed by atoms with Crippen LogP contribution in [-0.2, 0) is 6.54 Å². The number of amides is 2. The fourth-order valence-electron chi connectivity index (χ4n) is 5.40. The Balaban J connectivity index is 1.18. The molecule has 1 N–H and O–H groups in total. The van der Waals surface area contributed by atoms with Gasteiger partial charge in [0.15, 0.2) is 0 Å². The van der Waals surface area contributed by atoms with Crippen molar-refractivity contribution < 1.29 is 14.0 Å². The maximum Gasteiger partial charge on any atom is 0.256 e. The van der Waals surface area contributed by atoms with E-state index in [0.29, 0.717) is 35.8 Å². The maximum atomic E-state index is 13.5. The largest absolute Gasteiger partial charge is 0.368 e. The van der Waals surface area contributed by atoms with Crippen molar-refractivity contribution in [1.82, 2.24) is 9.80 Å². The molecule has 2 amide bonds. The highest BCUT2D eigenvalue weighted by Crippen LogP contribution is 2.36. The van der Waals surface area contributed by atoms with Crippen LogP contribution >= 0.6 is 11.6 Å². The molecule has 2 aliphatic rings. The molecule has 40 heavy (non-hydrogen) atoms. The summed E-state index contributed by atoms with van der Waals surface area (Å²) in [6, 6.07) is 28.9. The zero-order chi connectivity index (χ0) is 27.6. The van der Waals surface area contributed by atoms with Gasteiger partial charge in [0.1, 0.15) is 12.0 Å². The summed E-state index contributed by atoms with van der Waals surface area (Å²) < 4.78 is 13.5. The first kappa shape index (κ1) is 25.9. The average Bonchev–Trinajstić information content (AvgIpc) is 3.24. The normalized spacial score (nSPS) is 16.7. The van der Waals surface area contributed by atoms with Crippen LogP contribution in [0.5, 0.6) is 0 Å². The van der Waals surface area contributed by atoms with E-state index in [0.717, 1.165) is 35.6 Å². The number of hydrogen-bond acceptors (Lipinski definition) is 4. The van der Waals surface area contributed by atoms with Crippen molar-refractivity contribution in [1.29, 1.82) is 0 Å². The van der Waals surface area contributed by atoms with E-state index in [9.17, 15) is 14.0 Å². The smallest absolute Gasteiger partial charge is 0.256 e. The number of benzene rings is 4. The lowest BCUT2D eigenvalue weighted by Crippen LogP contribution is -2.48. The van der Waals surface area contributed by atoms with E-state index in [1.807, 2.05) is 77.7 Å². The number of halogens is 2. The summed E-state index contributed by atoms with van der Waals surface area (Å²) in [5.74, 6) is -0.440. The number of carbonyl (C=O) groups is 2. The molecule has 6 nitrogen and oxygen atoms in total. The topological polar surface area (TPSA) is 55.9 Å². The van der Waals surface area contributed by atoms with Gasteiger partial charge in [-0.05, 0) is 60.2 Å². The van der Waals surface area contributed by atoms with Gasteiger partial charge in [0.05, 0.1) is 0 Å². The maximum absolute atomic E-state index is 13.5. The molecular weight excluding hydrogens is 527 g/mol. The van der Waals surface area contributed by atoms with Crippen molar-refractivity contribution in [2.24, 2.45) is 0 Å². The SMILES string of the molecule is O=C(c1cccc(NC2c3ccccc3C(=O)N2Cc2ccc(F)cc2)c1)N1CCN(c2cccc(Cl)c2)CC1. The van der Waals surface area contributed by atoms with Gasteiger partial charge in [0.25, 0.3) is 11.8 Å². The Morgan fingerprint density at radius 1 is 0.875 bits per heavy atom. The van der Waals surface area contributed by atoms with Crippen LogP contribution in [0, 0.1) is 5.82 Å². The van der Waals surface area contributed by atoms with Crippen LogP contribution in [0.2, 0.25) is 5.02 Å². The Morgan fingerprint density at radius 2 is 1.62 bits per heavy atom. The van der Waals surface area contributed by atoms with Gasteiger partial charge in [-0.1, -0.05) is 54.1 Å². The number of anilines is 2. The van der Waals surface area contributed by atoms with Gasteiger partial charge in [-0.25, -0.2) is 4.39 Å². The fourth-order valence-corrected chi connectivity index (χ4v) is 5.58. The molecule has 8 heteroatoms. The van der Waals surface area contributed by atoms with Crippen LogP contribution in [0.4, 0.5) is 15.8 Å². The van der Waals surface area contributed by atoms with Gasteiger partial charge in [-0.15, -0.1) is 0 Å². The minimum absolute atomic E-state index is 0.0274. The van der Waals surface area contributed by atoms with Crippen LogP contribution in [0.3, 0.4) is 0 Å².